The normalized spacial score (nSPS) is 10.1. The van der Waals surface area contributed by atoms with E-state index in [1.165, 1.54) is 0 Å². The van der Waals surface area contributed by atoms with Gasteiger partial charge < -0.3 is 9.47 Å². The highest BCUT2D eigenvalue weighted by Gasteiger charge is 2.04. The quantitative estimate of drug-likeness (QED) is 0.262. The van der Waals surface area contributed by atoms with E-state index in [1.54, 1.807) is 21.6 Å². The average molecular weight is 331 g/mol. The Morgan fingerprint density at radius 2 is 1.22 bits per heavy atom. The monoisotopic (exact) mass is 330 g/mol. The first kappa shape index (κ1) is 18.3. The number of rotatable bonds is 11. The SMILES string of the molecule is O=C(CCSSCCC(=O)OCCS)OCCS. The van der Waals surface area contributed by atoms with Crippen molar-refractivity contribution >= 4 is 58.8 Å². The number of ether oxygens (including phenoxy) is 2. The molecule has 0 aliphatic rings. The number of carbonyl (C=O) groups excluding carboxylic acids is 2. The van der Waals surface area contributed by atoms with Crippen molar-refractivity contribution in [2.24, 2.45) is 0 Å². The molecule has 0 fully saturated rings. The van der Waals surface area contributed by atoms with Crippen LogP contribution in [-0.2, 0) is 19.1 Å². The van der Waals surface area contributed by atoms with Crippen molar-refractivity contribution in [2.45, 2.75) is 12.8 Å². The average Bonchev–Trinajstić information content (AvgIpc) is 2.37. The lowest BCUT2D eigenvalue weighted by atomic mass is 10.5. The third kappa shape index (κ3) is 12.8. The van der Waals surface area contributed by atoms with Crippen molar-refractivity contribution in [1.82, 2.24) is 0 Å². The van der Waals surface area contributed by atoms with Gasteiger partial charge in [-0.05, 0) is 0 Å². The highest BCUT2D eigenvalue weighted by atomic mass is 33.1. The third-order valence-electron chi connectivity index (χ3n) is 1.57. The molecule has 0 aliphatic heterocycles. The molecule has 0 rings (SSSR count). The van der Waals surface area contributed by atoms with E-state index < -0.39 is 0 Å². The van der Waals surface area contributed by atoms with E-state index in [-0.39, 0.29) is 11.9 Å². The molecule has 0 radical (unpaired) electrons. The van der Waals surface area contributed by atoms with Gasteiger partial charge in [0.15, 0.2) is 0 Å². The molecule has 0 aromatic heterocycles. The lowest BCUT2D eigenvalue weighted by Crippen LogP contribution is -2.08. The minimum absolute atomic E-state index is 0.203. The Hall–Kier alpha value is 0.340. The van der Waals surface area contributed by atoms with E-state index >= 15 is 0 Å². The van der Waals surface area contributed by atoms with Crippen molar-refractivity contribution in [3.63, 3.8) is 0 Å². The second kappa shape index (κ2) is 13.8. The van der Waals surface area contributed by atoms with E-state index in [0.29, 0.717) is 49.1 Å². The molecule has 4 nitrogen and oxygen atoms in total. The van der Waals surface area contributed by atoms with E-state index in [1.807, 2.05) is 0 Å². The summed E-state index contributed by atoms with van der Waals surface area (Å²) in [6.07, 6.45) is 0.769. The highest BCUT2D eigenvalue weighted by Crippen LogP contribution is 2.22. The van der Waals surface area contributed by atoms with Crippen LogP contribution in [-0.4, -0.2) is 48.2 Å². The number of hydrogen-bond donors (Lipinski definition) is 2. The van der Waals surface area contributed by atoms with Crippen molar-refractivity contribution in [2.75, 3.05) is 36.2 Å². The van der Waals surface area contributed by atoms with Gasteiger partial charge in [0.1, 0.15) is 13.2 Å². The van der Waals surface area contributed by atoms with Gasteiger partial charge in [0, 0.05) is 23.0 Å². The van der Waals surface area contributed by atoms with Crippen LogP contribution in [0.3, 0.4) is 0 Å². The molecule has 18 heavy (non-hydrogen) atoms. The lowest BCUT2D eigenvalue weighted by molar-refractivity contribution is -0.143. The Morgan fingerprint density at radius 3 is 1.56 bits per heavy atom. The minimum atomic E-state index is -0.203. The van der Waals surface area contributed by atoms with Gasteiger partial charge in [0.2, 0.25) is 0 Å². The second-order valence-electron chi connectivity index (χ2n) is 3.03. The molecule has 0 bridgehead atoms. The number of thiol groups is 2. The molecule has 0 N–H and O–H groups in total. The van der Waals surface area contributed by atoms with E-state index in [0.717, 1.165) is 0 Å². The fraction of sp³-hybridized carbons (Fsp3) is 0.800. The van der Waals surface area contributed by atoms with Gasteiger partial charge in [-0.2, -0.15) is 25.3 Å². The lowest BCUT2D eigenvalue weighted by Gasteiger charge is -2.03. The zero-order valence-corrected chi connectivity index (χ0v) is 13.4. The van der Waals surface area contributed by atoms with Gasteiger partial charge in [0.25, 0.3) is 0 Å². The molecule has 0 atom stereocenters. The van der Waals surface area contributed by atoms with Crippen LogP contribution < -0.4 is 0 Å². The number of carbonyl (C=O) groups is 2. The molecule has 0 heterocycles. The van der Waals surface area contributed by atoms with E-state index in [2.05, 4.69) is 25.3 Å². The van der Waals surface area contributed by atoms with Crippen LogP contribution in [0.25, 0.3) is 0 Å². The van der Waals surface area contributed by atoms with Gasteiger partial charge in [-0.3, -0.25) is 9.59 Å². The van der Waals surface area contributed by atoms with E-state index in [4.69, 9.17) is 9.47 Å². The van der Waals surface area contributed by atoms with E-state index in [9.17, 15) is 9.59 Å². The summed E-state index contributed by atoms with van der Waals surface area (Å²) >= 11 is 7.88. The fourth-order valence-corrected chi connectivity index (χ4v) is 2.96. The predicted octanol–water partition coefficient (Wildman–Crippen LogP) is 2.09. The Balaban J connectivity index is 3.25. The highest BCUT2D eigenvalue weighted by molar-refractivity contribution is 8.76. The number of hydrogen-bond acceptors (Lipinski definition) is 8. The zero-order chi connectivity index (χ0) is 13.6. The van der Waals surface area contributed by atoms with Gasteiger partial charge in [-0.15, -0.1) is 0 Å². The molecule has 0 aromatic carbocycles. The standard InChI is InChI=1S/C10H18O4S4/c11-9(13-3-5-15)1-7-17-18-8-2-10(12)14-4-6-16/h15-16H,1-8H2. The van der Waals surface area contributed by atoms with Crippen LogP contribution >= 0.6 is 46.8 Å². The molecule has 0 saturated heterocycles. The summed E-state index contributed by atoms with van der Waals surface area (Å²) in [5.74, 6) is 2.05. The summed E-state index contributed by atoms with van der Waals surface area (Å²) in [5, 5.41) is 0. The topological polar surface area (TPSA) is 52.6 Å². The Morgan fingerprint density at radius 1 is 0.833 bits per heavy atom. The first-order chi connectivity index (χ1) is 8.70. The van der Waals surface area contributed by atoms with Gasteiger partial charge in [0.05, 0.1) is 12.8 Å². The molecule has 0 aromatic rings. The van der Waals surface area contributed by atoms with Crippen LogP contribution in [0.15, 0.2) is 0 Å². The summed E-state index contributed by atoms with van der Waals surface area (Å²) in [7, 11) is 3.11. The molecular weight excluding hydrogens is 312 g/mol. The van der Waals surface area contributed by atoms with Crippen LogP contribution in [0.1, 0.15) is 12.8 Å². The Bertz CT molecular complexity index is 214. The smallest absolute Gasteiger partial charge is 0.306 e. The summed E-state index contributed by atoms with van der Waals surface area (Å²) in [6.45, 7) is 0.716. The van der Waals surface area contributed by atoms with Gasteiger partial charge in [-0.1, -0.05) is 21.6 Å². The predicted molar refractivity (Wildman–Crippen MR) is 83.8 cm³/mol. The first-order valence-electron chi connectivity index (χ1n) is 5.48. The molecule has 8 heteroatoms. The maximum Gasteiger partial charge on any atom is 0.306 e. The maximum absolute atomic E-state index is 11.1. The zero-order valence-electron chi connectivity index (χ0n) is 10.0. The van der Waals surface area contributed by atoms with Crippen molar-refractivity contribution in [3.05, 3.63) is 0 Å². The molecule has 106 valence electrons. The Kier molecular flexibility index (Phi) is 14.0. The van der Waals surface area contributed by atoms with Crippen LogP contribution in [0.5, 0.6) is 0 Å². The minimum Gasteiger partial charge on any atom is -0.465 e. The molecular formula is C10H18O4S4. The fourth-order valence-electron chi connectivity index (χ4n) is 0.831. The van der Waals surface area contributed by atoms with Crippen molar-refractivity contribution in [3.8, 4) is 0 Å². The molecule has 0 spiro atoms. The summed E-state index contributed by atoms with van der Waals surface area (Å²) in [4.78, 5) is 22.2. The second-order valence-corrected chi connectivity index (χ2v) is 6.63. The van der Waals surface area contributed by atoms with Gasteiger partial charge in [-0.25, -0.2) is 0 Å². The van der Waals surface area contributed by atoms with Crippen LogP contribution in [0.2, 0.25) is 0 Å². The van der Waals surface area contributed by atoms with Crippen molar-refractivity contribution in [1.29, 1.82) is 0 Å². The van der Waals surface area contributed by atoms with Crippen LogP contribution in [0, 0.1) is 0 Å². The largest absolute Gasteiger partial charge is 0.465 e. The van der Waals surface area contributed by atoms with Gasteiger partial charge >= 0.3 is 11.9 Å². The number of esters is 2. The summed E-state index contributed by atoms with van der Waals surface area (Å²) in [6, 6.07) is 0. The molecule has 0 saturated carbocycles. The Labute approximate surface area is 127 Å². The molecule has 0 unspecified atom stereocenters. The first-order valence-corrected chi connectivity index (χ1v) is 9.23. The molecule has 0 amide bonds. The summed E-state index contributed by atoms with van der Waals surface area (Å²) in [5.41, 5.74) is 0. The van der Waals surface area contributed by atoms with Crippen LogP contribution in [0.4, 0.5) is 0 Å². The molecule has 0 aliphatic carbocycles. The maximum atomic E-state index is 11.1. The third-order valence-corrected chi connectivity index (χ3v) is 4.34. The summed E-state index contributed by atoms with van der Waals surface area (Å²) < 4.78 is 9.72. The van der Waals surface area contributed by atoms with Crippen molar-refractivity contribution < 1.29 is 19.1 Å².